The van der Waals surface area contributed by atoms with Crippen molar-refractivity contribution in [2.45, 2.75) is 24.3 Å². The van der Waals surface area contributed by atoms with Crippen molar-refractivity contribution in [2.75, 3.05) is 12.8 Å². The van der Waals surface area contributed by atoms with Crippen LogP contribution in [-0.4, -0.2) is 26.7 Å². The van der Waals surface area contributed by atoms with Crippen LogP contribution in [0.3, 0.4) is 0 Å². The first-order chi connectivity index (χ1) is 7.93. The Balaban J connectivity index is 3.16. The van der Waals surface area contributed by atoms with Crippen molar-refractivity contribution >= 4 is 20.6 Å². The number of rotatable bonds is 4. The lowest BCUT2D eigenvalue weighted by Crippen LogP contribution is -2.29. The Morgan fingerprint density at radius 1 is 1.53 bits per heavy atom. The second-order valence-corrected chi connectivity index (χ2v) is 5.49. The number of hydrogen-bond donors (Lipinski definition) is 2. The summed E-state index contributed by atoms with van der Waals surface area (Å²) >= 11 is 0. The number of ether oxygens (including phenoxy) is 1. The van der Waals surface area contributed by atoms with E-state index in [1.807, 2.05) is 0 Å². The van der Waals surface area contributed by atoms with Crippen molar-refractivity contribution < 1.29 is 13.2 Å². The molecule has 0 fully saturated rings. The SMILES string of the molecule is CC[C@H](OC)C(=N)S(=O)(=O)c1cccc(N)c1. The molecule has 6 heteroatoms. The molecule has 0 spiro atoms. The monoisotopic (exact) mass is 256 g/mol. The molecule has 17 heavy (non-hydrogen) atoms. The molecule has 0 aliphatic carbocycles. The van der Waals surface area contributed by atoms with Gasteiger partial charge >= 0.3 is 0 Å². The Morgan fingerprint density at radius 2 is 2.18 bits per heavy atom. The average molecular weight is 256 g/mol. The van der Waals surface area contributed by atoms with Gasteiger partial charge in [0.25, 0.3) is 0 Å². The maximum Gasteiger partial charge on any atom is 0.221 e. The van der Waals surface area contributed by atoms with E-state index in [0.717, 1.165) is 0 Å². The normalized spacial score (nSPS) is 13.3. The number of nitrogens with one attached hydrogen (secondary N) is 1. The number of nitrogens with two attached hydrogens (primary N) is 1. The summed E-state index contributed by atoms with van der Waals surface area (Å²) in [5.74, 6) is 0. The first kappa shape index (κ1) is 13.7. The summed E-state index contributed by atoms with van der Waals surface area (Å²) in [5.41, 5.74) is 5.88. The number of anilines is 1. The average Bonchev–Trinajstić information content (AvgIpc) is 2.30. The quantitative estimate of drug-likeness (QED) is 0.484. The molecule has 0 bridgehead atoms. The number of benzene rings is 1. The van der Waals surface area contributed by atoms with Gasteiger partial charge in [-0.3, -0.25) is 5.41 Å². The minimum absolute atomic E-state index is 0.0259. The second-order valence-electron chi connectivity index (χ2n) is 3.57. The predicted octanol–water partition coefficient (Wildman–Crippen LogP) is 1.44. The number of nitrogen functional groups attached to an aromatic ring is 1. The van der Waals surface area contributed by atoms with E-state index in [0.29, 0.717) is 12.1 Å². The van der Waals surface area contributed by atoms with Crippen molar-refractivity contribution in [1.29, 1.82) is 5.41 Å². The smallest absolute Gasteiger partial charge is 0.221 e. The minimum atomic E-state index is -3.81. The first-order valence-corrected chi connectivity index (χ1v) is 6.63. The van der Waals surface area contributed by atoms with Crippen molar-refractivity contribution in [3.8, 4) is 0 Å². The zero-order valence-corrected chi connectivity index (χ0v) is 10.6. The summed E-state index contributed by atoms with van der Waals surface area (Å²) in [6, 6.07) is 5.90. The summed E-state index contributed by atoms with van der Waals surface area (Å²) in [4.78, 5) is 0.0259. The van der Waals surface area contributed by atoms with E-state index >= 15 is 0 Å². The van der Waals surface area contributed by atoms with Crippen LogP contribution in [0.5, 0.6) is 0 Å². The standard InChI is InChI=1S/C11H16N2O3S/c1-3-10(16-2)11(13)17(14,15)9-6-4-5-8(12)7-9/h4-7,10,13H,3,12H2,1-2H3/t10-/m0/s1. The summed E-state index contributed by atoms with van der Waals surface area (Å²) in [5, 5.41) is 7.27. The van der Waals surface area contributed by atoms with Crippen molar-refractivity contribution in [1.82, 2.24) is 0 Å². The molecule has 0 unspecified atom stereocenters. The highest BCUT2D eigenvalue weighted by Crippen LogP contribution is 2.18. The van der Waals surface area contributed by atoms with Gasteiger partial charge in [-0.25, -0.2) is 8.42 Å². The molecule has 0 saturated heterocycles. The predicted molar refractivity (Wildman–Crippen MR) is 66.9 cm³/mol. The molecule has 94 valence electrons. The Morgan fingerprint density at radius 3 is 2.65 bits per heavy atom. The van der Waals surface area contributed by atoms with Crippen LogP contribution in [0.4, 0.5) is 5.69 Å². The molecule has 0 aliphatic rings. The Labute approximate surface area is 101 Å². The highest BCUT2D eigenvalue weighted by Gasteiger charge is 2.27. The van der Waals surface area contributed by atoms with Gasteiger partial charge in [-0.1, -0.05) is 13.0 Å². The maximum atomic E-state index is 12.1. The van der Waals surface area contributed by atoms with E-state index in [1.165, 1.54) is 19.2 Å². The van der Waals surface area contributed by atoms with Gasteiger partial charge in [-0.2, -0.15) is 0 Å². The topological polar surface area (TPSA) is 93.2 Å². The zero-order chi connectivity index (χ0) is 13.1. The van der Waals surface area contributed by atoms with Crippen LogP contribution in [0.15, 0.2) is 29.2 Å². The largest absolute Gasteiger partial charge is 0.399 e. The van der Waals surface area contributed by atoms with Crippen LogP contribution in [0.1, 0.15) is 13.3 Å². The maximum absolute atomic E-state index is 12.1. The molecule has 0 heterocycles. The zero-order valence-electron chi connectivity index (χ0n) is 9.80. The van der Waals surface area contributed by atoms with Gasteiger partial charge < -0.3 is 10.5 Å². The van der Waals surface area contributed by atoms with E-state index in [-0.39, 0.29) is 4.90 Å². The number of sulfone groups is 1. The summed E-state index contributed by atoms with van der Waals surface area (Å²) in [6.07, 6.45) is -0.293. The molecule has 1 atom stereocenters. The van der Waals surface area contributed by atoms with Gasteiger partial charge in [0, 0.05) is 12.8 Å². The summed E-state index contributed by atoms with van der Waals surface area (Å²) in [7, 11) is -2.42. The Hall–Kier alpha value is -1.40. The summed E-state index contributed by atoms with van der Waals surface area (Å²) < 4.78 is 29.1. The van der Waals surface area contributed by atoms with E-state index in [1.54, 1.807) is 19.1 Å². The first-order valence-electron chi connectivity index (χ1n) is 5.15. The number of methoxy groups -OCH3 is 1. The number of hydrogen-bond acceptors (Lipinski definition) is 5. The van der Waals surface area contributed by atoms with Crippen LogP contribution < -0.4 is 5.73 Å². The Kier molecular flexibility index (Phi) is 4.25. The molecule has 1 rings (SSSR count). The molecule has 1 aromatic carbocycles. The van der Waals surface area contributed by atoms with Crippen LogP contribution >= 0.6 is 0 Å². The van der Waals surface area contributed by atoms with E-state index in [4.69, 9.17) is 15.9 Å². The molecule has 3 N–H and O–H groups in total. The fourth-order valence-corrected chi connectivity index (χ4v) is 2.85. The molecular formula is C11H16N2O3S. The highest BCUT2D eigenvalue weighted by molar-refractivity contribution is 8.06. The third-order valence-corrected chi connectivity index (χ3v) is 4.12. The molecule has 0 radical (unpaired) electrons. The van der Waals surface area contributed by atoms with Crippen LogP contribution in [-0.2, 0) is 14.6 Å². The van der Waals surface area contributed by atoms with Crippen LogP contribution in [0, 0.1) is 5.41 Å². The Bertz CT molecular complexity index is 507. The van der Waals surface area contributed by atoms with Crippen LogP contribution in [0.2, 0.25) is 0 Å². The molecule has 0 aromatic heterocycles. The van der Waals surface area contributed by atoms with Gasteiger partial charge in [-0.15, -0.1) is 0 Å². The highest BCUT2D eigenvalue weighted by atomic mass is 32.2. The molecular weight excluding hydrogens is 240 g/mol. The van der Waals surface area contributed by atoms with E-state index in [9.17, 15) is 8.42 Å². The van der Waals surface area contributed by atoms with Crippen molar-refractivity contribution in [3.63, 3.8) is 0 Å². The second kappa shape index (κ2) is 5.29. The third-order valence-electron chi connectivity index (χ3n) is 2.41. The summed E-state index contributed by atoms with van der Waals surface area (Å²) in [6.45, 7) is 1.76. The molecule has 0 amide bonds. The van der Waals surface area contributed by atoms with E-state index in [2.05, 4.69) is 0 Å². The fraction of sp³-hybridized carbons (Fsp3) is 0.364. The van der Waals surface area contributed by atoms with Crippen molar-refractivity contribution in [2.24, 2.45) is 0 Å². The van der Waals surface area contributed by atoms with Gasteiger partial charge in [0.15, 0.2) is 5.04 Å². The fourth-order valence-electron chi connectivity index (χ4n) is 1.44. The third kappa shape index (κ3) is 2.83. The minimum Gasteiger partial charge on any atom is -0.399 e. The van der Waals surface area contributed by atoms with Gasteiger partial charge in [0.2, 0.25) is 9.84 Å². The lowest BCUT2D eigenvalue weighted by molar-refractivity contribution is 0.154. The molecule has 0 aliphatic heterocycles. The van der Waals surface area contributed by atoms with E-state index < -0.39 is 21.0 Å². The van der Waals surface area contributed by atoms with Gasteiger partial charge in [0.05, 0.1) is 4.90 Å². The molecule has 5 nitrogen and oxygen atoms in total. The lowest BCUT2D eigenvalue weighted by Gasteiger charge is -2.14. The lowest BCUT2D eigenvalue weighted by atomic mass is 10.3. The van der Waals surface area contributed by atoms with Gasteiger partial charge in [-0.05, 0) is 24.6 Å². The molecule has 1 aromatic rings. The van der Waals surface area contributed by atoms with Crippen LogP contribution in [0.25, 0.3) is 0 Å². The van der Waals surface area contributed by atoms with Gasteiger partial charge in [0.1, 0.15) is 6.10 Å². The molecule has 0 saturated carbocycles. The van der Waals surface area contributed by atoms with Crippen molar-refractivity contribution in [3.05, 3.63) is 24.3 Å².